The summed E-state index contributed by atoms with van der Waals surface area (Å²) in [4.78, 5) is 23.4. The van der Waals surface area contributed by atoms with Gasteiger partial charge in [0.1, 0.15) is 5.75 Å². The molecular weight excluding hydrogens is 384 g/mol. The highest BCUT2D eigenvalue weighted by molar-refractivity contribution is 6.01. The topological polar surface area (TPSA) is 104 Å². The minimum absolute atomic E-state index is 0.000506. The SMILES string of the molecule is O=C(O)Cc1ccc(C2=CCC(c3ccc4c(c3)C(=O)CC(CO)(CO)O4)=C2)cc1. The molecule has 3 N–H and O–H groups in total. The van der Waals surface area contributed by atoms with E-state index in [4.69, 9.17) is 9.84 Å². The van der Waals surface area contributed by atoms with E-state index in [-0.39, 0.29) is 18.6 Å². The monoisotopic (exact) mass is 406 g/mol. The molecule has 6 nitrogen and oxygen atoms in total. The van der Waals surface area contributed by atoms with E-state index in [9.17, 15) is 19.8 Å². The van der Waals surface area contributed by atoms with Gasteiger partial charge in [-0.05, 0) is 46.4 Å². The maximum absolute atomic E-state index is 12.6. The molecule has 0 spiro atoms. The van der Waals surface area contributed by atoms with Crippen molar-refractivity contribution in [1.82, 2.24) is 0 Å². The van der Waals surface area contributed by atoms with Gasteiger partial charge in [-0.25, -0.2) is 0 Å². The van der Waals surface area contributed by atoms with E-state index in [1.807, 2.05) is 30.3 Å². The maximum atomic E-state index is 12.6. The minimum Gasteiger partial charge on any atom is -0.481 e. The quantitative estimate of drug-likeness (QED) is 0.682. The van der Waals surface area contributed by atoms with Gasteiger partial charge in [0.15, 0.2) is 11.4 Å². The van der Waals surface area contributed by atoms with E-state index in [2.05, 4.69) is 12.2 Å². The molecule has 154 valence electrons. The average Bonchev–Trinajstić information content (AvgIpc) is 3.24. The molecule has 0 bridgehead atoms. The standard InChI is InChI=1S/C24H22O6/c25-13-24(14-26)12-21(27)20-11-19(7-8-22(20)30-24)18-6-5-17(10-18)16-3-1-15(2-4-16)9-23(28)29/h1-5,7-8,10-11,25-26H,6,9,12-14H2,(H,28,29). The van der Waals surface area contributed by atoms with Gasteiger partial charge in [-0.3, -0.25) is 9.59 Å². The van der Waals surface area contributed by atoms with Crippen molar-refractivity contribution in [2.45, 2.75) is 24.9 Å². The summed E-state index contributed by atoms with van der Waals surface area (Å²) in [6.07, 6.45) is 4.81. The fraction of sp³-hybridized carbons (Fsp3) is 0.250. The summed E-state index contributed by atoms with van der Waals surface area (Å²) in [6.45, 7) is -0.861. The molecule has 6 heteroatoms. The Morgan fingerprint density at radius 3 is 2.40 bits per heavy atom. The Kier molecular flexibility index (Phi) is 5.28. The summed E-state index contributed by atoms with van der Waals surface area (Å²) in [5.74, 6) is -0.646. The Hall–Kier alpha value is -3.22. The molecule has 1 heterocycles. The number of carbonyl (C=O) groups excluding carboxylic acids is 1. The van der Waals surface area contributed by atoms with E-state index >= 15 is 0 Å². The number of allylic oxidation sites excluding steroid dienone is 4. The van der Waals surface area contributed by atoms with Gasteiger partial charge in [-0.2, -0.15) is 0 Å². The molecule has 0 fully saturated rings. The Bertz CT molecular complexity index is 1060. The van der Waals surface area contributed by atoms with Crippen LogP contribution >= 0.6 is 0 Å². The first-order valence-electron chi connectivity index (χ1n) is 9.73. The van der Waals surface area contributed by atoms with E-state index in [0.717, 1.165) is 34.3 Å². The third-order valence-electron chi connectivity index (χ3n) is 5.55. The number of aliphatic hydroxyl groups excluding tert-OH is 2. The molecule has 0 atom stereocenters. The second-order valence-electron chi connectivity index (χ2n) is 7.71. The highest BCUT2D eigenvalue weighted by Gasteiger charge is 2.40. The van der Waals surface area contributed by atoms with E-state index < -0.39 is 24.8 Å². The first-order chi connectivity index (χ1) is 14.4. The van der Waals surface area contributed by atoms with Gasteiger partial charge < -0.3 is 20.1 Å². The highest BCUT2D eigenvalue weighted by atomic mass is 16.5. The van der Waals surface area contributed by atoms with Crippen LogP contribution in [0.15, 0.2) is 54.6 Å². The molecule has 0 radical (unpaired) electrons. The molecular formula is C24H22O6. The van der Waals surface area contributed by atoms with Crippen LogP contribution < -0.4 is 4.74 Å². The van der Waals surface area contributed by atoms with Crippen LogP contribution in [0.3, 0.4) is 0 Å². The maximum Gasteiger partial charge on any atom is 0.307 e. The van der Waals surface area contributed by atoms with Crippen LogP contribution in [0.5, 0.6) is 5.75 Å². The molecule has 2 aromatic rings. The first kappa shape index (κ1) is 20.1. The summed E-state index contributed by atoms with van der Waals surface area (Å²) in [6, 6.07) is 12.8. The highest BCUT2D eigenvalue weighted by Crippen LogP contribution is 2.38. The van der Waals surface area contributed by atoms with Gasteiger partial charge in [0.05, 0.1) is 31.6 Å². The number of Topliss-reactive ketones (excluding diaryl/α,β-unsaturated/α-hetero) is 1. The first-order valence-corrected chi connectivity index (χ1v) is 9.73. The fourth-order valence-electron chi connectivity index (χ4n) is 3.84. The predicted molar refractivity (Wildman–Crippen MR) is 111 cm³/mol. The van der Waals surface area contributed by atoms with Gasteiger partial charge >= 0.3 is 5.97 Å². The lowest BCUT2D eigenvalue weighted by atomic mass is 9.89. The van der Waals surface area contributed by atoms with Gasteiger partial charge in [0.2, 0.25) is 0 Å². The van der Waals surface area contributed by atoms with E-state index in [1.165, 1.54) is 0 Å². The smallest absolute Gasteiger partial charge is 0.307 e. The fourth-order valence-corrected chi connectivity index (χ4v) is 3.84. The van der Waals surface area contributed by atoms with Crippen LogP contribution in [0, 0.1) is 0 Å². The number of ketones is 1. The van der Waals surface area contributed by atoms with Crippen molar-refractivity contribution in [3.05, 3.63) is 76.9 Å². The van der Waals surface area contributed by atoms with Crippen LogP contribution in [0.25, 0.3) is 11.1 Å². The van der Waals surface area contributed by atoms with Gasteiger partial charge in [-0.15, -0.1) is 0 Å². The van der Waals surface area contributed by atoms with Crippen molar-refractivity contribution in [1.29, 1.82) is 0 Å². The second-order valence-corrected chi connectivity index (χ2v) is 7.71. The van der Waals surface area contributed by atoms with Gasteiger partial charge in [-0.1, -0.05) is 42.5 Å². The van der Waals surface area contributed by atoms with Crippen molar-refractivity contribution < 1.29 is 29.6 Å². The minimum atomic E-state index is -1.26. The number of fused-ring (bicyclic) bond motifs is 1. The van der Waals surface area contributed by atoms with Crippen molar-refractivity contribution in [3.63, 3.8) is 0 Å². The zero-order valence-electron chi connectivity index (χ0n) is 16.3. The van der Waals surface area contributed by atoms with Crippen LogP contribution in [0.2, 0.25) is 0 Å². The number of hydrogen-bond donors (Lipinski definition) is 3. The Balaban J connectivity index is 1.56. The lowest BCUT2D eigenvalue weighted by molar-refractivity contribution is -0.136. The number of ether oxygens (including phenoxy) is 1. The van der Waals surface area contributed by atoms with Crippen molar-refractivity contribution in [3.8, 4) is 5.75 Å². The average molecular weight is 406 g/mol. The Morgan fingerprint density at radius 2 is 1.73 bits per heavy atom. The Labute approximate surface area is 173 Å². The number of carboxylic acids is 1. The summed E-state index contributed by atoms with van der Waals surface area (Å²) in [7, 11) is 0. The third-order valence-corrected chi connectivity index (χ3v) is 5.55. The number of aliphatic carboxylic acids is 1. The van der Waals surface area contributed by atoms with E-state index in [1.54, 1.807) is 12.1 Å². The lowest BCUT2D eigenvalue weighted by Crippen LogP contribution is -2.48. The number of hydrogen-bond acceptors (Lipinski definition) is 5. The zero-order chi connectivity index (χ0) is 21.3. The van der Waals surface area contributed by atoms with Crippen molar-refractivity contribution in [2.24, 2.45) is 0 Å². The molecule has 2 aromatic carbocycles. The zero-order valence-corrected chi connectivity index (χ0v) is 16.3. The second kappa shape index (κ2) is 7.89. The van der Waals surface area contributed by atoms with Gasteiger partial charge in [0, 0.05) is 0 Å². The van der Waals surface area contributed by atoms with Crippen LogP contribution in [0.4, 0.5) is 0 Å². The number of aliphatic hydroxyl groups is 2. The predicted octanol–water partition coefficient (Wildman–Crippen LogP) is 2.87. The molecule has 1 aliphatic heterocycles. The van der Waals surface area contributed by atoms with E-state index in [0.29, 0.717) is 11.3 Å². The number of carboxylic acid groups (broad SMARTS) is 1. The largest absolute Gasteiger partial charge is 0.481 e. The molecule has 1 aliphatic carbocycles. The third kappa shape index (κ3) is 3.79. The normalized spacial score (nSPS) is 17.1. The summed E-state index contributed by atoms with van der Waals surface area (Å²) in [5, 5.41) is 27.9. The van der Waals surface area contributed by atoms with Crippen LogP contribution in [0.1, 0.15) is 39.9 Å². The molecule has 4 rings (SSSR count). The summed E-state index contributed by atoms with van der Waals surface area (Å²) >= 11 is 0. The van der Waals surface area contributed by atoms with Gasteiger partial charge in [0.25, 0.3) is 0 Å². The lowest BCUT2D eigenvalue weighted by Gasteiger charge is -2.35. The van der Waals surface area contributed by atoms with Crippen molar-refractivity contribution in [2.75, 3.05) is 13.2 Å². The molecule has 0 saturated heterocycles. The molecule has 0 saturated carbocycles. The summed E-state index contributed by atoms with van der Waals surface area (Å²) in [5.41, 5.74) is 3.98. The van der Waals surface area contributed by atoms with Crippen molar-refractivity contribution >= 4 is 22.9 Å². The van der Waals surface area contributed by atoms with Crippen LogP contribution in [-0.4, -0.2) is 45.9 Å². The van der Waals surface area contributed by atoms with Crippen LogP contribution in [-0.2, 0) is 11.2 Å². The molecule has 2 aliphatic rings. The molecule has 0 amide bonds. The molecule has 30 heavy (non-hydrogen) atoms. The number of benzene rings is 2. The molecule has 0 aromatic heterocycles. The number of carbonyl (C=O) groups is 2. The summed E-state index contributed by atoms with van der Waals surface area (Å²) < 4.78 is 5.74. The number of rotatable bonds is 6. The Morgan fingerprint density at radius 1 is 1.03 bits per heavy atom. The molecule has 0 unspecified atom stereocenters.